The molecule has 0 saturated carbocycles. The summed E-state index contributed by atoms with van der Waals surface area (Å²) in [6, 6.07) is 9.96. The van der Waals surface area contributed by atoms with E-state index in [-0.39, 0.29) is 5.04 Å². The SMILES string of the molecule is COCCCn1nccc1Nc1nccc(-c2cc(C#N)c3c(c2)[C@@](C)(CO[Si](C)(C)C(C)(C)C)CN3[B]C=O)n1. The average molecular weight is 573 g/mol. The summed E-state index contributed by atoms with van der Waals surface area (Å²) in [6.07, 6.45) is 5.02. The minimum absolute atomic E-state index is 0.0581. The summed E-state index contributed by atoms with van der Waals surface area (Å²) in [7, 11) is 1.14. The van der Waals surface area contributed by atoms with Crippen molar-refractivity contribution in [2.45, 2.75) is 64.2 Å². The third kappa shape index (κ3) is 6.53. The van der Waals surface area contributed by atoms with Gasteiger partial charge in [0, 0.05) is 62.3 Å². The number of ether oxygens (including phenoxy) is 1. The lowest BCUT2D eigenvalue weighted by atomic mass is 9.83. The van der Waals surface area contributed by atoms with Crippen molar-refractivity contribution in [2.24, 2.45) is 0 Å². The highest BCUT2D eigenvalue weighted by Crippen LogP contribution is 2.46. The molecule has 0 saturated heterocycles. The van der Waals surface area contributed by atoms with Crippen LogP contribution in [-0.4, -0.2) is 68.5 Å². The molecule has 10 nitrogen and oxygen atoms in total. The molecule has 1 N–H and O–H groups in total. The van der Waals surface area contributed by atoms with Crippen molar-refractivity contribution >= 4 is 39.4 Å². The summed E-state index contributed by atoms with van der Waals surface area (Å²) < 4.78 is 13.7. The number of benzene rings is 1. The third-order valence-electron chi connectivity index (χ3n) is 8.11. The Bertz CT molecular complexity index is 1430. The van der Waals surface area contributed by atoms with Gasteiger partial charge in [-0.2, -0.15) is 10.4 Å². The number of aryl methyl sites for hydroxylation is 1. The second-order valence-electron chi connectivity index (χ2n) is 12.2. The number of rotatable bonds is 12. The smallest absolute Gasteiger partial charge is 0.329 e. The van der Waals surface area contributed by atoms with Crippen LogP contribution in [0.4, 0.5) is 17.5 Å². The van der Waals surface area contributed by atoms with Gasteiger partial charge >= 0.3 is 7.41 Å². The first-order chi connectivity index (χ1) is 19.4. The van der Waals surface area contributed by atoms with Crippen LogP contribution in [-0.2, 0) is 25.9 Å². The van der Waals surface area contributed by atoms with Gasteiger partial charge in [-0.05, 0) is 48.3 Å². The van der Waals surface area contributed by atoms with Gasteiger partial charge < -0.3 is 24.1 Å². The zero-order valence-corrected chi connectivity index (χ0v) is 26.1. The van der Waals surface area contributed by atoms with E-state index in [1.165, 1.54) is 7.41 Å². The van der Waals surface area contributed by atoms with Crippen LogP contribution < -0.4 is 10.1 Å². The Morgan fingerprint density at radius 1 is 1.27 bits per heavy atom. The standard InChI is InChI=1S/C29H39BN7O3Si/c1-28(2,3)41(6,7)40-19-29(4)18-36(30-20-38)26-22(17-31)15-21(16-23(26)29)24-9-11-32-27(34-24)35-25-10-12-33-37(25)13-8-14-39-5/h9-12,15-16,20H,8,13-14,18-19H2,1-7H3,(H,32,34,35)/t29-/m1/s1. The first kappa shape index (κ1) is 30.4. The van der Waals surface area contributed by atoms with Crippen LogP contribution >= 0.6 is 0 Å². The lowest BCUT2D eigenvalue weighted by molar-refractivity contribution is 0.189. The first-order valence-electron chi connectivity index (χ1n) is 13.8. The molecule has 0 fully saturated rings. The molecule has 0 unspecified atom stereocenters. The lowest BCUT2D eigenvalue weighted by Gasteiger charge is -2.39. The summed E-state index contributed by atoms with van der Waals surface area (Å²) in [5.41, 5.74) is 3.23. The Morgan fingerprint density at radius 2 is 2.05 bits per heavy atom. The largest absolute Gasteiger partial charge is 0.416 e. The molecular formula is C29H39BN7O3Si. The van der Waals surface area contributed by atoms with Crippen molar-refractivity contribution < 1.29 is 14.0 Å². The number of anilines is 3. The Labute approximate surface area is 244 Å². The Balaban J connectivity index is 1.69. The average Bonchev–Trinajstić information content (AvgIpc) is 3.48. The van der Waals surface area contributed by atoms with E-state index < -0.39 is 13.7 Å². The molecule has 41 heavy (non-hydrogen) atoms. The Morgan fingerprint density at radius 3 is 2.73 bits per heavy atom. The first-order valence-corrected chi connectivity index (χ1v) is 16.7. The van der Waals surface area contributed by atoms with Crippen molar-refractivity contribution in [3.05, 3.63) is 47.8 Å². The third-order valence-corrected chi connectivity index (χ3v) is 12.6. The van der Waals surface area contributed by atoms with E-state index in [9.17, 15) is 10.1 Å². The molecule has 2 aromatic heterocycles. The molecule has 0 amide bonds. The van der Waals surface area contributed by atoms with Gasteiger partial charge in [-0.25, -0.2) is 14.6 Å². The summed E-state index contributed by atoms with van der Waals surface area (Å²) in [5, 5.41) is 17.9. The molecule has 0 bridgehead atoms. The molecule has 1 atom stereocenters. The molecule has 3 aromatic rings. The van der Waals surface area contributed by atoms with Crippen molar-refractivity contribution in [3.63, 3.8) is 0 Å². The number of fused-ring (bicyclic) bond motifs is 1. The van der Waals surface area contributed by atoms with E-state index >= 15 is 0 Å². The van der Waals surface area contributed by atoms with Gasteiger partial charge in [0.15, 0.2) is 8.32 Å². The van der Waals surface area contributed by atoms with Crippen LogP contribution in [0.2, 0.25) is 18.1 Å². The molecule has 1 radical (unpaired) electrons. The van der Waals surface area contributed by atoms with E-state index in [0.29, 0.717) is 43.5 Å². The molecule has 0 spiro atoms. The number of carbonyl (C=O) groups excluding carboxylic acids is 1. The number of nitrogens with one attached hydrogen (secondary N) is 1. The number of nitriles is 1. The second kappa shape index (κ2) is 12.1. The summed E-state index contributed by atoms with van der Waals surface area (Å²) in [6.45, 7) is 15.6. The Hall–Kier alpha value is -3.53. The molecule has 1 aromatic carbocycles. The fourth-order valence-electron chi connectivity index (χ4n) is 4.73. The zero-order valence-electron chi connectivity index (χ0n) is 25.1. The number of hydrogen-bond acceptors (Lipinski definition) is 9. The summed E-state index contributed by atoms with van der Waals surface area (Å²) in [4.78, 5) is 22.6. The number of nitrogens with zero attached hydrogens (tertiary/aromatic N) is 6. The Kier molecular flexibility index (Phi) is 9.01. The van der Waals surface area contributed by atoms with Crippen LogP contribution in [0.25, 0.3) is 11.3 Å². The number of hydrogen-bond donors (Lipinski definition) is 1. The number of carbonyl (C=O) groups is 1. The molecule has 12 heteroatoms. The second-order valence-corrected chi connectivity index (χ2v) is 17.0. The predicted octanol–water partition coefficient (Wildman–Crippen LogP) is 4.90. The van der Waals surface area contributed by atoms with Crippen LogP contribution in [0.1, 0.15) is 45.2 Å². The minimum Gasteiger partial charge on any atom is -0.416 e. The minimum atomic E-state index is -2.04. The summed E-state index contributed by atoms with van der Waals surface area (Å²) in [5.74, 6) is 1.20. The molecule has 4 rings (SSSR count). The highest BCUT2D eigenvalue weighted by molar-refractivity contribution is 6.74. The van der Waals surface area contributed by atoms with Gasteiger partial charge in [-0.15, -0.1) is 0 Å². The van der Waals surface area contributed by atoms with E-state index in [1.54, 1.807) is 19.5 Å². The predicted molar refractivity (Wildman–Crippen MR) is 165 cm³/mol. The zero-order chi connectivity index (χ0) is 29.8. The number of aromatic nitrogens is 4. The number of methoxy groups -OCH3 is 1. The molecule has 1 aliphatic heterocycles. The van der Waals surface area contributed by atoms with E-state index in [1.807, 2.05) is 27.7 Å². The molecule has 1 aliphatic rings. The van der Waals surface area contributed by atoms with Gasteiger partial charge in [-0.3, -0.25) is 0 Å². The monoisotopic (exact) mass is 572 g/mol. The van der Waals surface area contributed by atoms with E-state index in [0.717, 1.165) is 35.2 Å². The maximum absolute atomic E-state index is 11.5. The van der Waals surface area contributed by atoms with Gasteiger partial charge in [0.1, 0.15) is 18.1 Å². The van der Waals surface area contributed by atoms with E-state index in [4.69, 9.17) is 14.1 Å². The van der Waals surface area contributed by atoms with E-state index in [2.05, 4.69) is 68.3 Å². The fraction of sp³-hybridized carbons (Fsp3) is 0.483. The lowest BCUT2D eigenvalue weighted by Crippen LogP contribution is -2.46. The fourth-order valence-corrected chi connectivity index (χ4v) is 5.84. The van der Waals surface area contributed by atoms with Crippen molar-refractivity contribution in [1.29, 1.82) is 5.26 Å². The molecule has 3 heterocycles. The maximum atomic E-state index is 11.5. The van der Waals surface area contributed by atoms with Crippen LogP contribution in [0, 0.1) is 11.3 Å². The topological polar surface area (TPSA) is 118 Å². The van der Waals surface area contributed by atoms with Crippen molar-refractivity contribution in [1.82, 2.24) is 19.7 Å². The highest BCUT2D eigenvalue weighted by Gasteiger charge is 2.44. The van der Waals surface area contributed by atoms with Gasteiger partial charge in [0.2, 0.25) is 5.95 Å². The highest BCUT2D eigenvalue weighted by atomic mass is 28.4. The molecular weight excluding hydrogens is 533 g/mol. The summed E-state index contributed by atoms with van der Waals surface area (Å²) >= 11 is 0. The van der Waals surface area contributed by atoms with Crippen molar-refractivity contribution in [2.75, 3.05) is 37.0 Å². The van der Waals surface area contributed by atoms with Crippen LogP contribution in [0.5, 0.6) is 0 Å². The molecule has 0 aliphatic carbocycles. The van der Waals surface area contributed by atoms with Gasteiger partial charge in [0.25, 0.3) is 0 Å². The quantitative estimate of drug-likeness (QED) is 0.184. The van der Waals surface area contributed by atoms with Crippen LogP contribution in [0.15, 0.2) is 36.7 Å². The van der Waals surface area contributed by atoms with Crippen LogP contribution in [0.3, 0.4) is 0 Å². The maximum Gasteiger partial charge on any atom is 0.329 e. The normalized spacial score (nSPS) is 16.8. The van der Waals surface area contributed by atoms with Gasteiger partial charge in [0.05, 0.1) is 17.5 Å². The van der Waals surface area contributed by atoms with Crippen molar-refractivity contribution in [3.8, 4) is 17.3 Å². The van der Waals surface area contributed by atoms with Gasteiger partial charge in [-0.1, -0.05) is 27.7 Å². The molecule has 215 valence electrons.